The van der Waals surface area contributed by atoms with Gasteiger partial charge in [-0.05, 0) is 24.6 Å². The van der Waals surface area contributed by atoms with Crippen molar-refractivity contribution in [3.05, 3.63) is 36.2 Å². The first-order valence-corrected chi connectivity index (χ1v) is 7.33. The Labute approximate surface area is 122 Å². The molecule has 1 aliphatic heterocycles. The summed E-state index contributed by atoms with van der Waals surface area (Å²) in [5.74, 6) is 2.24. The largest absolute Gasteiger partial charge is 0.497 e. The van der Waals surface area contributed by atoms with Gasteiger partial charge in [0.25, 0.3) is 0 Å². The van der Waals surface area contributed by atoms with Crippen molar-refractivity contribution in [2.45, 2.75) is 18.0 Å². The van der Waals surface area contributed by atoms with Crippen LogP contribution in [0.1, 0.15) is 18.5 Å². The first kappa shape index (κ1) is 13.1. The highest BCUT2D eigenvalue weighted by Gasteiger charge is 2.28. The van der Waals surface area contributed by atoms with Crippen molar-refractivity contribution >= 4 is 23.3 Å². The van der Waals surface area contributed by atoms with Gasteiger partial charge in [0.05, 0.1) is 19.0 Å². The van der Waals surface area contributed by atoms with E-state index in [9.17, 15) is 0 Å². The third kappa shape index (κ3) is 2.16. The van der Waals surface area contributed by atoms with Crippen LogP contribution in [0.4, 0.5) is 11.5 Å². The highest BCUT2D eigenvalue weighted by atomic mass is 32.2. The summed E-state index contributed by atoms with van der Waals surface area (Å²) < 4.78 is 5.19. The third-order valence-corrected chi connectivity index (χ3v) is 4.49. The van der Waals surface area contributed by atoms with Crippen LogP contribution in [0.25, 0.3) is 0 Å². The van der Waals surface area contributed by atoms with Gasteiger partial charge in [0.1, 0.15) is 22.8 Å². The van der Waals surface area contributed by atoms with E-state index in [0.717, 1.165) is 22.3 Å². The molecule has 0 fully saturated rings. The van der Waals surface area contributed by atoms with Gasteiger partial charge in [-0.3, -0.25) is 0 Å². The summed E-state index contributed by atoms with van der Waals surface area (Å²) in [5.41, 5.74) is 8.15. The molecule has 0 radical (unpaired) electrons. The SMILES string of the molecule is COc1ccc(C(C)N2CSc3ncnc(N)c32)cc1. The molecule has 5 nitrogen and oxygen atoms in total. The van der Waals surface area contributed by atoms with Crippen LogP contribution < -0.4 is 15.4 Å². The fourth-order valence-electron chi connectivity index (χ4n) is 2.31. The fourth-order valence-corrected chi connectivity index (χ4v) is 3.41. The van der Waals surface area contributed by atoms with Crippen LogP contribution in [0.3, 0.4) is 0 Å². The molecule has 3 rings (SSSR count). The molecule has 20 heavy (non-hydrogen) atoms. The Balaban J connectivity index is 1.91. The summed E-state index contributed by atoms with van der Waals surface area (Å²) in [6.45, 7) is 2.16. The Hall–Kier alpha value is -1.95. The maximum atomic E-state index is 6.00. The lowest BCUT2D eigenvalue weighted by molar-refractivity contribution is 0.414. The molecule has 0 amide bonds. The topological polar surface area (TPSA) is 64.3 Å². The number of rotatable bonds is 3. The molecule has 1 aliphatic rings. The number of nitrogens with zero attached hydrogens (tertiary/aromatic N) is 3. The van der Waals surface area contributed by atoms with Crippen LogP contribution in [0, 0.1) is 0 Å². The highest BCUT2D eigenvalue weighted by Crippen LogP contribution is 2.44. The summed E-state index contributed by atoms with van der Waals surface area (Å²) in [4.78, 5) is 10.6. The van der Waals surface area contributed by atoms with Gasteiger partial charge in [0.2, 0.25) is 0 Å². The third-order valence-electron chi connectivity index (χ3n) is 3.51. The molecule has 1 aromatic carbocycles. The Morgan fingerprint density at radius 2 is 2.05 bits per heavy atom. The van der Waals surface area contributed by atoms with Crippen LogP contribution >= 0.6 is 11.8 Å². The van der Waals surface area contributed by atoms with Gasteiger partial charge in [0, 0.05) is 0 Å². The van der Waals surface area contributed by atoms with Crippen molar-refractivity contribution in [1.82, 2.24) is 9.97 Å². The van der Waals surface area contributed by atoms with E-state index >= 15 is 0 Å². The number of thioether (sulfide) groups is 1. The normalized spacial score (nSPS) is 15.0. The minimum absolute atomic E-state index is 0.211. The molecular formula is C14H16N4OS. The van der Waals surface area contributed by atoms with E-state index < -0.39 is 0 Å². The molecule has 0 bridgehead atoms. The van der Waals surface area contributed by atoms with Crippen molar-refractivity contribution in [1.29, 1.82) is 0 Å². The number of hydrogen-bond acceptors (Lipinski definition) is 6. The van der Waals surface area contributed by atoms with Gasteiger partial charge in [0.15, 0.2) is 5.82 Å². The number of nitrogen functional groups attached to an aromatic ring is 1. The van der Waals surface area contributed by atoms with Gasteiger partial charge in [-0.1, -0.05) is 23.9 Å². The van der Waals surface area contributed by atoms with Gasteiger partial charge in [-0.2, -0.15) is 0 Å². The molecule has 0 saturated carbocycles. The zero-order chi connectivity index (χ0) is 14.1. The van der Waals surface area contributed by atoms with E-state index in [1.54, 1.807) is 18.9 Å². The molecule has 6 heteroatoms. The lowest BCUT2D eigenvalue weighted by Gasteiger charge is -2.27. The number of benzene rings is 1. The summed E-state index contributed by atoms with van der Waals surface area (Å²) in [5, 5.41) is 0.956. The summed E-state index contributed by atoms with van der Waals surface area (Å²) in [6.07, 6.45) is 1.52. The molecule has 2 N–H and O–H groups in total. The fraction of sp³-hybridized carbons (Fsp3) is 0.286. The Morgan fingerprint density at radius 1 is 1.30 bits per heavy atom. The Morgan fingerprint density at radius 3 is 2.75 bits per heavy atom. The zero-order valence-corrected chi connectivity index (χ0v) is 12.2. The van der Waals surface area contributed by atoms with Gasteiger partial charge in [-0.15, -0.1) is 0 Å². The first-order valence-electron chi connectivity index (χ1n) is 6.34. The Kier molecular flexibility index (Phi) is 3.40. The van der Waals surface area contributed by atoms with Crippen molar-refractivity contribution in [3.63, 3.8) is 0 Å². The minimum atomic E-state index is 0.211. The predicted octanol–water partition coefficient (Wildman–Crippen LogP) is 2.70. The highest BCUT2D eigenvalue weighted by molar-refractivity contribution is 7.99. The molecule has 104 valence electrons. The van der Waals surface area contributed by atoms with Crippen molar-refractivity contribution < 1.29 is 4.74 Å². The smallest absolute Gasteiger partial charge is 0.151 e. The molecule has 2 heterocycles. The van der Waals surface area contributed by atoms with Crippen molar-refractivity contribution in [2.24, 2.45) is 0 Å². The average molecular weight is 288 g/mol. The molecule has 1 unspecified atom stereocenters. The number of anilines is 2. The van der Waals surface area contributed by atoms with Gasteiger partial charge in [-0.25, -0.2) is 9.97 Å². The molecule has 0 aliphatic carbocycles. The first-order chi connectivity index (χ1) is 9.70. The lowest BCUT2D eigenvalue weighted by Crippen LogP contribution is -2.24. The second-order valence-electron chi connectivity index (χ2n) is 4.61. The number of hydrogen-bond donors (Lipinski definition) is 1. The van der Waals surface area contributed by atoms with Crippen LogP contribution in [-0.2, 0) is 0 Å². The maximum absolute atomic E-state index is 6.00. The molecular weight excluding hydrogens is 272 g/mol. The summed E-state index contributed by atoms with van der Waals surface area (Å²) in [7, 11) is 1.67. The molecule has 0 saturated heterocycles. The van der Waals surface area contributed by atoms with Crippen LogP contribution in [-0.4, -0.2) is 23.0 Å². The lowest BCUT2D eigenvalue weighted by atomic mass is 10.1. The molecule has 1 atom stereocenters. The number of nitrogens with two attached hydrogens (primary N) is 1. The number of fused-ring (bicyclic) bond motifs is 1. The number of ether oxygens (including phenoxy) is 1. The average Bonchev–Trinajstić information content (AvgIpc) is 2.92. The second-order valence-corrected chi connectivity index (χ2v) is 5.54. The van der Waals surface area contributed by atoms with E-state index in [-0.39, 0.29) is 6.04 Å². The van der Waals surface area contributed by atoms with Gasteiger partial charge < -0.3 is 15.4 Å². The predicted molar refractivity (Wildman–Crippen MR) is 81.1 cm³/mol. The quantitative estimate of drug-likeness (QED) is 0.876. The molecule has 1 aromatic heterocycles. The Bertz CT molecular complexity index is 617. The summed E-state index contributed by atoms with van der Waals surface area (Å²) >= 11 is 1.69. The minimum Gasteiger partial charge on any atom is -0.497 e. The van der Waals surface area contributed by atoms with Gasteiger partial charge >= 0.3 is 0 Å². The van der Waals surface area contributed by atoms with E-state index in [2.05, 4.69) is 33.9 Å². The maximum Gasteiger partial charge on any atom is 0.151 e. The number of aromatic nitrogens is 2. The molecule has 0 spiro atoms. The van der Waals surface area contributed by atoms with Crippen LogP contribution in [0.15, 0.2) is 35.6 Å². The van der Waals surface area contributed by atoms with E-state index in [1.165, 1.54) is 11.9 Å². The van der Waals surface area contributed by atoms with Crippen LogP contribution in [0.2, 0.25) is 0 Å². The van der Waals surface area contributed by atoms with E-state index in [1.807, 2.05) is 12.1 Å². The summed E-state index contributed by atoms with van der Waals surface area (Å²) in [6, 6.07) is 8.31. The van der Waals surface area contributed by atoms with Crippen molar-refractivity contribution in [3.8, 4) is 5.75 Å². The van der Waals surface area contributed by atoms with Crippen molar-refractivity contribution in [2.75, 3.05) is 23.6 Å². The van der Waals surface area contributed by atoms with E-state index in [4.69, 9.17) is 10.5 Å². The standard InChI is InChI=1S/C14H16N4OS/c1-9(10-3-5-11(19-2)6-4-10)18-8-20-14-12(18)13(15)16-7-17-14/h3-7,9H,8H2,1-2H3,(H2,15,16,17). The monoisotopic (exact) mass is 288 g/mol. The zero-order valence-electron chi connectivity index (χ0n) is 11.4. The van der Waals surface area contributed by atoms with Crippen LogP contribution in [0.5, 0.6) is 5.75 Å². The molecule has 2 aromatic rings. The second kappa shape index (κ2) is 5.20. The van der Waals surface area contributed by atoms with E-state index in [0.29, 0.717) is 5.82 Å². The number of methoxy groups -OCH3 is 1.